The molecule has 0 bridgehead atoms. The molecule has 0 atom stereocenters. The summed E-state index contributed by atoms with van der Waals surface area (Å²) in [5, 5.41) is 9.95. The Balaban J connectivity index is 1.59. The van der Waals surface area contributed by atoms with Crippen molar-refractivity contribution in [3.8, 4) is 33.6 Å². The Labute approximate surface area is 196 Å². The zero-order valence-electron chi connectivity index (χ0n) is 18.3. The van der Waals surface area contributed by atoms with Gasteiger partial charge in [0, 0.05) is 34.5 Å². The number of nitrogens with zero attached hydrogens (tertiary/aromatic N) is 2. The van der Waals surface area contributed by atoms with Crippen LogP contribution in [0.4, 0.5) is 0 Å². The minimum absolute atomic E-state index is 1.03. The number of fused-ring (bicyclic) bond motifs is 8. The van der Waals surface area contributed by atoms with Crippen LogP contribution in [-0.2, 0) is 0 Å². The molecule has 2 heteroatoms. The predicted molar refractivity (Wildman–Crippen MR) is 142 cm³/mol. The summed E-state index contributed by atoms with van der Waals surface area (Å²) in [4.78, 5) is 9.66. The fraction of sp³-hybridized carbons (Fsp3) is 0. The standard InChI is InChI=1S/C32H18N2/c1-2-8-20-19(7-1)14-16-34-31(20)28-17-27-24-12-5-11-23-25-13-6-15-33-32(25)29(30(23)24)18-26(27)21-9-3-4-10-22(21)28/h1-18H. The lowest BCUT2D eigenvalue weighted by Gasteiger charge is -2.15. The molecule has 5 aromatic carbocycles. The van der Waals surface area contributed by atoms with E-state index in [1.807, 2.05) is 18.5 Å². The summed E-state index contributed by atoms with van der Waals surface area (Å²) in [6, 6.07) is 34.9. The molecule has 2 heterocycles. The maximum atomic E-state index is 4.88. The van der Waals surface area contributed by atoms with E-state index < -0.39 is 0 Å². The van der Waals surface area contributed by atoms with Gasteiger partial charge in [0.15, 0.2) is 0 Å². The Bertz CT molecular complexity index is 1960. The van der Waals surface area contributed by atoms with Crippen molar-refractivity contribution in [1.29, 1.82) is 0 Å². The third-order valence-corrected chi connectivity index (χ3v) is 7.28. The lowest BCUT2D eigenvalue weighted by molar-refractivity contribution is 1.35. The van der Waals surface area contributed by atoms with Crippen molar-refractivity contribution in [3.63, 3.8) is 0 Å². The van der Waals surface area contributed by atoms with Crippen molar-refractivity contribution >= 4 is 43.1 Å². The highest BCUT2D eigenvalue weighted by atomic mass is 14.7. The van der Waals surface area contributed by atoms with Gasteiger partial charge in [0.05, 0.1) is 11.4 Å². The smallest absolute Gasteiger partial charge is 0.0787 e. The Kier molecular flexibility index (Phi) is 3.42. The molecule has 1 aliphatic rings. The van der Waals surface area contributed by atoms with Crippen molar-refractivity contribution < 1.29 is 0 Å². The molecule has 34 heavy (non-hydrogen) atoms. The van der Waals surface area contributed by atoms with Crippen molar-refractivity contribution in [2.45, 2.75) is 0 Å². The summed E-state index contributed by atoms with van der Waals surface area (Å²) in [6.07, 6.45) is 3.82. The SMILES string of the molecule is c1cnc2c(c1)-c1cccc3c1c-2cc1c2ccccc2c(-c2nccc4ccccc24)cc31. The molecule has 0 saturated heterocycles. The molecule has 0 amide bonds. The first-order chi connectivity index (χ1) is 16.9. The molecule has 2 nitrogen and oxygen atoms in total. The Morgan fingerprint density at radius 1 is 0.382 bits per heavy atom. The first kappa shape index (κ1) is 17.9. The molecular weight excluding hydrogens is 412 g/mol. The van der Waals surface area contributed by atoms with E-state index in [1.165, 1.54) is 65.3 Å². The van der Waals surface area contributed by atoms with Crippen LogP contribution in [0, 0.1) is 0 Å². The summed E-state index contributed by atoms with van der Waals surface area (Å²) in [6.45, 7) is 0. The van der Waals surface area contributed by atoms with Gasteiger partial charge < -0.3 is 0 Å². The zero-order valence-corrected chi connectivity index (χ0v) is 18.3. The van der Waals surface area contributed by atoms with Gasteiger partial charge >= 0.3 is 0 Å². The fourth-order valence-electron chi connectivity index (χ4n) is 5.84. The van der Waals surface area contributed by atoms with Gasteiger partial charge in [-0.1, -0.05) is 72.8 Å². The maximum Gasteiger partial charge on any atom is 0.0787 e. The monoisotopic (exact) mass is 430 g/mol. The minimum Gasteiger partial charge on any atom is -0.256 e. The van der Waals surface area contributed by atoms with Crippen LogP contribution in [0.5, 0.6) is 0 Å². The lowest BCUT2D eigenvalue weighted by Crippen LogP contribution is -1.90. The van der Waals surface area contributed by atoms with E-state index in [0.29, 0.717) is 0 Å². The lowest BCUT2D eigenvalue weighted by atomic mass is 9.89. The van der Waals surface area contributed by atoms with Gasteiger partial charge in [-0.2, -0.15) is 0 Å². The topological polar surface area (TPSA) is 25.8 Å². The first-order valence-corrected chi connectivity index (χ1v) is 11.6. The van der Waals surface area contributed by atoms with Gasteiger partial charge in [0.25, 0.3) is 0 Å². The average Bonchev–Trinajstić information content (AvgIpc) is 3.23. The van der Waals surface area contributed by atoms with E-state index in [2.05, 4.69) is 91.0 Å². The van der Waals surface area contributed by atoms with Crippen LogP contribution in [0.2, 0.25) is 0 Å². The van der Waals surface area contributed by atoms with Gasteiger partial charge in [-0.15, -0.1) is 0 Å². The Morgan fingerprint density at radius 2 is 1.09 bits per heavy atom. The normalized spacial score (nSPS) is 12.1. The third-order valence-electron chi connectivity index (χ3n) is 7.28. The van der Waals surface area contributed by atoms with Crippen LogP contribution in [-0.4, -0.2) is 9.97 Å². The first-order valence-electron chi connectivity index (χ1n) is 11.6. The summed E-state index contributed by atoms with van der Waals surface area (Å²) in [7, 11) is 0. The van der Waals surface area contributed by atoms with Crippen LogP contribution in [0.15, 0.2) is 109 Å². The predicted octanol–water partition coefficient (Wildman–Crippen LogP) is 8.40. The van der Waals surface area contributed by atoms with Crippen molar-refractivity contribution in [2.75, 3.05) is 0 Å². The van der Waals surface area contributed by atoms with Crippen molar-refractivity contribution in [3.05, 3.63) is 109 Å². The third kappa shape index (κ3) is 2.24. The van der Waals surface area contributed by atoms with E-state index in [0.717, 1.165) is 11.4 Å². The van der Waals surface area contributed by atoms with Crippen LogP contribution in [0.1, 0.15) is 0 Å². The van der Waals surface area contributed by atoms with E-state index >= 15 is 0 Å². The van der Waals surface area contributed by atoms with E-state index in [9.17, 15) is 0 Å². The second-order valence-electron chi connectivity index (χ2n) is 9.00. The summed E-state index contributed by atoms with van der Waals surface area (Å²) >= 11 is 0. The molecule has 0 unspecified atom stereocenters. The van der Waals surface area contributed by atoms with Crippen LogP contribution in [0.3, 0.4) is 0 Å². The molecule has 0 spiro atoms. The largest absolute Gasteiger partial charge is 0.256 e. The molecule has 156 valence electrons. The van der Waals surface area contributed by atoms with Gasteiger partial charge in [-0.25, -0.2) is 0 Å². The number of aromatic nitrogens is 2. The molecular formula is C32H18N2. The summed E-state index contributed by atoms with van der Waals surface area (Å²) in [5.41, 5.74) is 7.02. The number of hydrogen-bond acceptors (Lipinski definition) is 2. The highest BCUT2D eigenvalue weighted by molar-refractivity contribution is 6.28. The van der Waals surface area contributed by atoms with E-state index in [1.54, 1.807) is 0 Å². The summed E-state index contributed by atoms with van der Waals surface area (Å²) in [5.74, 6) is 0. The number of pyridine rings is 2. The van der Waals surface area contributed by atoms with Crippen LogP contribution >= 0.6 is 0 Å². The Morgan fingerprint density at radius 3 is 2.03 bits per heavy atom. The molecule has 7 aromatic rings. The van der Waals surface area contributed by atoms with Gasteiger partial charge in [0.1, 0.15) is 0 Å². The Hall–Kier alpha value is -4.56. The number of hydrogen-bond donors (Lipinski definition) is 0. The second-order valence-corrected chi connectivity index (χ2v) is 9.00. The number of rotatable bonds is 1. The minimum atomic E-state index is 1.03. The molecule has 1 aliphatic carbocycles. The zero-order chi connectivity index (χ0) is 22.2. The van der Waals surface area contributed by atoms with Crippen molar-refractivity contribution in [1.82, 2.24) is 9.97 Å². The maximum absolute atomic E-state index is 4.88. The van der Waals surface area contributed by atoms with Crippen LogP contribution < -0.4 is 0 Å². The van der Waals surface area contributed by atoms with E-state index in [4.69, 9.17) is 9.97 Å². The molecule has 0 radical (unpaired) electrons. The molecule has 2 aromatic heterocycles. The van der Waals surface area contributed by atoms with Gasteiger partial charge in [-0.05, 0) is 67.5 Å². The second kappa shape index (κ2) is 6.49. The highest BCUT2D eigenvalue weighted by Gasteiger charge is 2.24. The molecule has 0 fully saturated rings. The molecule has 0 saturated carbocycles. The van der Waals surface area contributed by atoms with Gasteiger partial charge in [0.2, 0.25) is 0 Å². The highest BCUT2D eigenvalue weighted by Crippen LogP contribution is 2.50. The quantitative estimate of drug-likeness (QED) is 0.244. The van der Waals surface area contributed by atoms with Crippen molar-refractivity contribution in [2.24, 2.45) is 0 Å². The molecule has 0 aliphatic heterocycles. The number of benzene rings is 5. The van der Waals surface area contributed by atoms with Crippen LogP contribution in [0.25, 0.3) is 76.7 Å². The average molecular weight is 431 g/mol. The fourth-order valence-corrected chi connectivity index (χ4v) is 5.84. The van der Waals surface area contributed by atoms with Gasteiger partial charge in [-0.3, -0.25) is 9.97 Å². The summed E-state index contributed by atoms with van der Waals surface area (Å²) < 4.78 is 0. The van der Waals surface area contributed by atoms with E-state index in [-0.39, 0.29) is 0 Å². The molecule has 0 N–H and O–H groups in total. The molecule has 8 rings (SSSR count).